The van der Waals surface area contributed by atoms with Crippen molar-refractivity contribution in [3.63, 3.8) is 0 Å². The Labute approximate surface area is 102 Å². The first-order valence-electron chi connectivity index (χ1n) is 5.71. The Bertz CT molecular complexity index is 386. The number of nitrogens with zero attached hydrogens (tertiary/aromatic N) is 1. The molecule has 0 aliphatic heterocycles. The minimum atomic E-state index is -0.370. The van der Waals surface area contributed by atoms with Gasteiger partial charge in [0, 0.05) is 5.92 Å². The van der Waals surface area contributed by atoms with E-state index in [-0.39, 0.29) is 11.9 Å². The van der Waals surface area contributed by atoms with Crippen molar-refractivity contribution < 1.29 is 9.53 Å². The number of esters is 1. The molecule has 0 radical (unpaired) electrons. The van der Waals surface area contributed by atoms with Crippen LogP contribution in [-0.4, -0.2) is 18.3 Å². The van der Waals surface area contributed by atoms with Crippen molar-refractivity contribution in [3.05, 3.63) is 30.3 Å². The van der Waals surface area contributed by atoms with Gasteiger partial charge in [0.05, 0.1) is 12.3 Å². The predicted molar refractivity (Wildman–Crippen MR) is 69.0 cm³/mol. The van der Waals surface area contributed by atoms with Gasteiger partial charge in [0.2, 0.25) is 0 Å². The van der Waals surface area contributed by atoms with E-state index in [0.717, 1.165) is 5.69 Å². The van der Waals surface area contributed by atoms with Crippen molar-refractivity contribution in [2.75, 3.05) is 12.0 Å². The summed E-state index contributed by atoms with van der Waals surface area (Å²) >= 11 is 0. The molecule has 0 bridgehead atoms. The van der Waals surface area contributed by atoms with Crippen LogP contribution in [0.5, 0.6) is 0 Å². The van der Waals surface area contributed by atoms with E-state index in [0.29, 0.717) is 12.3 Å². The maximum absolute atomic E-state index is 11.6. The van der Waals surface area contributed by atoms with Crippen LogP contribution in [0.15, 0.2) is 35.4 Å². The summed E-state index contributed by atoms with van der Waals surface area (Å²) in [5.74, 6) is -0.351. The van der Waals surface area contributed by atoms with Crippen LogP contribution in [0.3, 0.4) is 0 Å². The molecule has 1 aromatic rings. The molecule has 17 heavy (non-hydrogen) atoms. The lowest BCUT2D eigenvalue weighted by Gasteiger charge is -2.09. The minimum Gasteiger partial charge on any atom is -0.461 e. The molecule has 0 spiro atoms. The second-order valence-corrected chi connectivity index (χ2v) is 3.85. The number of carbonyl (C=O) groups excluding carboxylic acids is 1. The lowest BCUT2D eigenvalue weighted by molar-refractivity contribution is -0.135. The number of anilines is 1. The fourth-order valence-electron chi connectivity index (χ4n) is 1.25. The number of hydrazone groups is 1. The molecular formula is C13H18N2O2. The van der Waals surface area contributed by atoms with Gasteiger partial charge < -0.3 is 4.74 Å². The molecule has 0 saturated carbocycles. The molecule has 0 aliphatic carbocycles. The Morgan fingerprint density at radius 1 is 1.35 bits per heavy atom. The number of hydrogen-bond donors (Lipinski definition) is 1. The van der Waals surface area contributed by atoms with Crippen molar-refractivity contribution >= 4 is 17.4 Å². The van der Waals surface area contributed by atoms with Gasteiger partial charge in [-0.25, -0.2) is 4.79 Å². The highest BCUT2D eigenvalue weighted by atomic mass is 16.5. The maximum atomic E-state index is 11.6. The third-order valence-corrected chi connectivity index (χ3v) is 2.11. The first-order chi connectivity index (χ1) is 8.15. The molecule has 0 aliphatic rings. The highest BCUT2D eigenvalue weighted by molar-refractivity contribution is 6.37. The highest BCUT2D eigenvalue weighted by Crippen LogP contribution is 2.07. The summed E-state index contributed by atoms with van der Waals surface area (Å²) in [4.78, 5) is 11.6. The largest absolute Gasteiger partial charge is 0.461 e. The molecule has 92 valence electrons. The van der Waals surface area contributed by atoms with Gasteiger partial charge in [-0.3, -0.25) is 5.43 Å². The topological polar surface area (TPSA) is 50.7 Å². The van der Waals surface area contributed by atoms with Crippen LogP contribution in [-0.2, 0) is 9.53 Å². The molecule has 0 amide bonds. The van der Waals surface area contributed by atoms with Crippen molar-refractivity contribution in [1.82, 2.24) is 0 Å². The number of rotatable bonds is 5. The monoisotopic (exact) mass is 234 g/mol. The Hall–Kier alpha value is -1.84. The molecule has 1 aromatic carbocycles. The lowest BCUT2D eigenvalue weighted by atomic mass is 10.1. The Kier molecular flexibility index (Phi) is 5.20. The Morgan fingerprint density at radius 3 is 2.53 bits per heavy atom. The number of ether oxygens (including phenoxy) is 1. The van der Waals surface area contributed by atoms with Gasteiger partial charge in [-0.15, -0.1) is 0 Å². The second-order valence-electron chi connectivity index (χ2n) is 3.85. The summed E-state index contributed by atoms with van der Waals surface area (Å²) in [6, 6.07) is 9.48. The molecule has 4 heteroatoms. The smallest absolute Gasteiger partial charge is 0.354 e. The summed E-state index contributed by atoms with van der Waals surface area (Å²) in [7, 11) is 0. The van der Waals surface area contributed by atoms with Crippen LogP contribution in [0, 0.1) is 5.92 Å². The van der Waals surface area contributed by atoms with Gasteiger partial charge in [0.1, 0.15) is 5.71 Å². The van der Waals surface area contributed by atoms with Crippen molar-refractivity contribution in [2.24, 2.45) is 11.0 Å². The molecule has 0 aromatic heterocycles. The molecular weight excluding hydrogens is 216 g/mol. The predicted octanol–water partition coefficient (Wildman–Crippen LogP) is 2.67. The SMILES string of the molecule is CCOC(=O)C(=NNc1ccccc1)C(C)C. The molecule has 1 rings (SSSR count). The van der Waals surface area contributed by atoms with E-state index in [4.69, 9.17) is 4.74 Å². The van der Waals surface area contributed by atoms with Gasteiger partial charge in [-0.1, -0.05) is 32.0 Å². The summed E-state index contributed by atoms with van der Waals surface area (Å²) in [6.07, 6.45) is 0. The van der Waals surface area contributed by atoms with E-state index in [9.17, 15) is 4.79 Å². The van der Waals surface area contributed by atoms with Crippen LogP contribution < -0.4 is 5.43 Å². The maximum Gasteiger partial charge on any atom is 0.354 e. The average molecular weight is 234 g/mol. The second kappa shape index (κ2) is 6.68. The van der Waals surface area contributed by atoms with Crippen molar-refractivity contribution in [3.8, 4) is 0 Å². The van der Waals surface area contributed by atoms with E-state index in [1.165, 1.54) is 0 Å². The van der Waals surface area contributed by atoms with Gasteiger partial charge >= 0.3 is 5.97 Å². The Balaban J connectivity index is 2.74. The first-order valence-corrected chi connectivity index (χ1v) is 5.71. The van der Waals surface area contributed by atoms with Gasteiger partial charge in [0.25, 0.3) is 0 Å². The molecule has 0 heterocycles. The van der Waals surface area contributed by atoms with Crippen molar-refractivity contribution in [2.45, 2.75) is 20.8 Å². The first kappa shape index (κ1) is 13.2. The zero-order chi connectivity index (χ0) is 12.7. The molecule has 0 saturated heterocycles. The van der Waals surface area contributed by atoms with E-state index < -0.39 is 0 Å². The number of para-hydroxylation sites is 1. The molecule has 0 fully saturated rings. The standard InChI is InChI=1S/C13H18N2O2/c1-4-17-13(16)12(10(2)3)15-14-11-8-6-5-7-9-11/h5-10,14H,4H2,1-3H3. The third-order valence-electron chi connectivity index (χ3n) is 2.11. The molecule has 1 N–H and O–H groups in total. The average Bonchev–Trinajstić information content (AvgIpc) is 2.30. The van der Waals surface area contributed by atoms with Crippen LogP contribution >= 0.6 is 0 Å². The van der Waals surface area contributed by atoms with Crippen molar-refractivity contribution in [1.29, 1.82) is 0 Å². The van der Waals surface area contributed by atoms with E-state index in [1.807, 2.05) is 44.2 Å². The fourth-order valence-corrected chi connectivity index (χ4v) is 1.25. The van der Waals surface area contributed by atoms with Crippen LogP contribution in [0.25, 0.3) is 0 Å². The number of carbonyl (C=O) groups is 1. The third kappa shape index (κ3) is 4.26. The fraction of sp³-hybridized carbons (Fsp3) is 0.385. The Morgan fingerprint density at radius 2 is 2.00 bits per heavy atom. The zero-order valence-electron chi connectivity index (χ0n) is 10.4. The normalized spacial score (nSPS) is 11.4. The summed E-state index contributed by atoms with van der Waals surface area (Å²) < 4.78 is 4.94. The summed E-state index contributed by atoms with van der Waals surface area (Å²) in [5.41, 5.74) is 4.09. The molecule has 0 unspecified atom stereocenters. The summed E-state index contributed by atoms with van der Waals surface area (Å²) in [5, 5.41) is 4.10. The molecule has 0 atom stereocenters. The minimum absolute atomic E-state index is 0.0188. The zero-order valence-corrected chi connectivity index (χ0v) is 10.4. The number of hydrogen-bond acceptors (Lipinski definition) is 4. The highest BCUT2D eigenvalue weighted by Gasteiger charge is 2.16. The van der Waals surface area contributed by atoms with Gasteiger partial charge in [-0.05, 0) is 19.1 Å². The van der Waals surface area contributed by atoms with E-state index in [2.05, 4.69) is 10.5 Å². The lowest BCUT2D eigenvalue weighted by Crippen LogP contribution is -2.24. The van der Waals surface area contributed by atoms with Gasteiger partial charge in [0.15, 0.2) is 0 Å². The quantitative estimate of drug-likeness (QED) is 0.484. The van der Waals surface area contributed by atoms with Crippen LogP contribution in [0.4, 0.5) is 5.69 Å². The van der Waals surface area contributed by atoms with E-state index in [1.54, 1.807) is 6.92 Å². The van der Waals surface area contributed by atoms with Crippen LogP contribution in [0.1, 0.15) is 20.8 Å². The van der Waals surface area contributed by atoms with E-state index >= 15 is 0 Å². The number of benzene rings is 1. The summed E-state index contributed by atoms with van der Waals surface area (Å²) in [6.45, 7) is 5.95. The molecule has 4 nitrogen and oxygen atoms in total. The van der Waals surface area contributed by atoms with Crippen LogP contribution in [0.2, 0.25) is 0 Å². The van der Waals surface area contributed by atoms with Gasteiger partial charge in [-0.2, -0.15) is 5.10 Å². The number of nitrogens with one attached hydrogen (secondary N) is 1.